The van der Waals surface area contributed by atoms with Crippen molar-refractivity contribution in [3.05, 3.63) is 39.9 Å². The van der Waals surface area contributed by atoms with Crippen LogP contribution in [-0.2, 0) is 0 Å². The minimum atomic E-state index is 0.649. The molecule has 0 aliphatic rings. The fourth-order valence-electron chi connectivity index (χ4n) is 0.878. The minimum absolute atomic E-state index is 0.649. The highest BCUT2D eigenvalue weighted by molar-refractivity contribution is 6.35. The standard InChI is InChI=1S/C9H8Cl2/c1-3-7-4-8(10)5-9(11)6(7)2/h3-5H,1H2,2H3. The Bertz CT molecular complexity index is 290. The van der Waals surface area contributed by atoms with E-state index < -0.39 is 0 Å². The van der Waals surface area contributed by atoms with E-state index in [2.05, 4.69) is 6.58 Å². The van der Waals surface area contributed by atoms with E-state index in [1.807, 2.05) is 13.0 Å². The molecule has 0 saturated carbocycles. The second kappa shape index (κ2) is 3.29. The Hall–Kier alpha value is -0.460. The van der Waals surface area contributed by atoms with Gasteiger partial charge in [0.2, 0.25) is 0 Å². The van der Waals surface area contributed by atoms with E-state index in [0.29, 0.717) is 10.0 Å². The van der Waals surface area contributed by atoms with Crippen LogP contribution in [0.5, 0.6) is 0 Å². The molecular formula is C9H8Cl2. The molecule has 0 amide bonds. The van der Waals surface area contributed by atoms with Crippen LogP contribution in [-0.4, -0.2) is 0 Å². The third-order valence-electron chi connectivity index (χ3n) is 1.57. The molecule has 0 saturated heterocycles. The number of hydrogen-bond donors (Lipinski definition) is 0. The van der Waals surface area contributed by atoms with Crippen molar-refractivity contribution in [2.24, 2.45) is 0 Å². The molecule has 0 radical (unpaired) electrons. The quantitative estimate of drug-likeness (QED) is 0.624. The molecule has 0 N–H and O–H groups in total. The Morgan fingerprint density at radius 2 is 2.00 bits per heavy atom. The molecule has 0 aromatic heterocycles. The molecule has 0 aliphatic heterocycles. The van der Waals surface area contributed by atoms with Crippen molar-refractivity contribution >= 4 is 29.3 Å². The number of benzene rings is 1. The van der Waals surface area contributed by atoms with Gasteiger partial charge in [0.15, 0.2) is 0 Å². The average Bonchev–Trinajstić information content (AvgIpc) is 1.96. The third-order valence-corrected chi connectivity index (χ3v) is 2.18. The molecule has 1 rings (SSSR count). The monoisotopic (exact) mass is 186 g/mol. The molecule has 0 spiro atoms. The summed E-state index contributed by atoms with van der Waals surface area (Å²) < 4.78 is 0. The molecule has 11 heavy (non-hydrogen) atoms. The van der Waals surface area contributed by atoms with Gasteiger partial charge in [-0.05, 0) is 30.2 Å². The molecule has 58 valence electrons. The number of halogens is 2. The molecule has 0 bridgehead atoms. The molecule has 1 aromatic carbocycles. The highest BCUT2D eigenvalue weighted by Gasteiger charge is 2.00. The molecule has 0 nitrogen and oxygen atoms in total. The van der Waals surface area contributed by atoms with E-state index >= 15 is 0 Å². The zero-order valence-corrected chi connectivity index (χ0v) is 7.71. The summed E-state index contributed by atoms with van der Waals surface area (Å²) >= 11 is 11.6. The largest absolute Gasteiger partial charge is 0.0985 e. The Labute approximate surface area is 76.4 Å². The fraction of sp³-hybridized carbons (Fsp3) is 0.111. The van der Waals surface area contributed by atoms with Gasteiger partial charge in [0.05, 0.1) is 0 Å². The second-order valence-corrected chi connectivity index (χ2v) is 3.15. The fourth-order valence-corrected chi connectivity index (χ4v) is 1.39. The van der Waals surface area contributed by atoms with E-state index in [1.54, 1.807) is 12.1 Å². The van der Waals surface area contributed by atoms with E-state index in [1.165, 1.54) is 0 Å². The lowest BCUT2D eigenvalue weighted by Crippen LogP contribution is -1.81. The van der Waals surface area contributed by atoms with E-state index in [-0.39, 0.29) is 0 Å². The SMILES string of the molecule is C=Cc1cc(Cl)cc(Cl)c1C. The first-order valence-corrected chi connectivity index (χ1v) is 3.99. The normalized spacial score (nSPS) is 9.73. The first-order valence-electron chi connectivity index (χ1n) is 3.23. The maximum absolute atomic E-state index is 5.87. The molecular weight excluding hydrogens is 179 g/mol. The lowest BCUT2D eigenvalue weighted by molar-refractivity contribution is 1.44. The summed E-state index contributed by atoms with van der Waals surface area (Å²) in [6.07, 6.45) is 1.74. The van der Waals surface area contributed by atoms with Crippen molar-refractivity contribution in [3.8, 4) is 0 Å². The summed E-state index contributed by atoms with van der Waals surface area (Å²) in [4.78, 5) is 0. The van der Waals surface area contributed by atoms with Crippen LogP contribution in [0.3, 0.4) is 0 Å². The second-order valence-electron chi connectivity index (χ2n) is 2.31. The van der Waals surface area contributed by atoms with Gasteiger partial charge in [0.25, 0.3) is 0 Å². The molecule has 0 unspecified atom stereocenters. The van der Waals surface area contributed by atoms with E-state index in [9.17, 15) is 0 Å². The first-order chi connectivity index (χ1) is 5.15. The molecule has 1 aromatic rings. The van der Waals surface area contributed by atoms with Crippen molar-refractivity contribution in [3.63, 3.8) is 0 Å². The first kappa shape index (κ1) is 8.63. The van der Waals surface area contributed by atoms with Crippen LogP contribution in [0.2, 0.25) is 10.0 Å². The summed E-state index contributed by atoms with van der Waals surface area (Å²) in [6, 6.07) is 3.57. The summed E-state index contributed by atoms with van der Waals surface area (Å²) in [5, 5.41) is 1.34. The van der Waals surface area contributed by atoms with Crippen LogP contribution in [0.1, 0.15) is 11.1 Å². The Morgan fingerprint density at radius 1 is 1.36 bits per heavy atom. The van der Waals surface area contributed by atoms with Gasteiger partial charge < -0.3 is 0 Å². The lowest BCUT2D eigenvalue weighted by Gasteiger charge is -2.02. The molecule has 0 aliphatic carbocycles. The van der Waals surface area contributed by atoms with Gasteiger partial charge in [-0.2, -0.15) is 0 Å². The van der Waals surface area contributed by atoms with Crippen LogP contribution in [0, 0.1) is 6.92 Å². The summed E-state index contributed by atoms with van der Waals surface area (Å²) in [7, 11) is 0. The zero-order valence-electron chi connectivity index (χ0n) is 6.20. The Kier molecular flexibility index (Phi) is 2.58. The van der Waals surface area contributed by atoms with Crippen molar-refractivity contribution in [2.75, 3.05) is 0 Å². The van der Waals surface area contributed by atoms with Crippen LogP contribution in [0.25, 0.3) is 6.08 Å². The van der Waals surface area contributed by atoms with Gasteiger partial charge >= 0.3 is 0 Å². The predicted molar refractivity (Wildman–Crippen MR) is 51.3 cm³/mol. The highest BCUT2D eigenvalue weighted by Crippen LogP contribution is 2.24. The smallest absolute Gasteiger partial charge is 0.0455 e. The highest BCUT2D eigenvalue weighted by atomic mass is 35.5. The molecule has 2 heteroatoms. The zero-order chi connectivity index (χ0) is 8.43. The summed E-state index contributed by atoms with van der Waals surface area (Å²) in [5.41, 5.74) is 2.01. The van der Waals surface area contributed by atoms with Gasteiger partial charge in [-0.25, -0.2) is 0 Å². The predicted octanol–water partition coefficient (Wildman–Crippen LogP) is 3.94. The van der Waals surface area contributed by atoms with Gasteiger partial charge in [-0.1, -0.05) is 35.9 Å². The van der Waals surface area contributed by atoms with E-state index in [0.717, 1.165) is 11.1 Å². The molecule has 0 heterocycles. The van der Waals surface area contributed by atoms with Crippen LogP contribution in [0.15, 0.2) is 18.7 Å². The van der Waals surface area contributed by atoms with Crippen LogP contribution >= 0.6 is 23.2 Å². The lowest BCUT2D eigenvalue weighted by atomic mass is 10.1. The van der Waals surface area contributed by atoms with Crippen LogP contribution in [0.4, 0.5) is 0 Å². The maximum atomic E-state index is 5.87. The van der Waals surface area contributed by atoms with Gasteiger partial charge in [-0.3, -0.25) is 0 Å². The summed E-state index contributed by atoms with van der Waals surface area (Å²) in [5.74, 6) is 0. The van der Waals surface area contributed by atoms with Crippen LogP contribution < -0.4 is 0 Å². The number of rotatable bonds is 1. The average molecular weight is 187 g/mol. The van der Waals surface area contributed by atoms with Gasteiger partial charge in [0, 0.05) is 10.0 Å². The van der Waals surface area contributed by atoms with Gasteiger partial charge in [-0.15, -0.1) is 0 Å². The summed E-state index contributed by atoms with van der Waals surface area (Å²) in [6.45, 7) is 5.60. The van der Waals surface area contributed by atoms with E-state index in [4.69, 9.17) is 23.2 Å². The minimum Gasteiger partial charge on any atom is -0.0985 e. The van der Waals surface area contributed by atoms with Crippen molar-refractivity contribution < 1.29 is 0 Å². The van der Waals surface area contributed by atoms with Crippen molar-refractivity contribution in [1.82, 2.24) is 0 Å². The Balaban J connectivity index is 3.35. The van der Waals surface area contributed by atoms with Crippen molar-refractivity contribution in [1.29, 1.82) is 0 Å². The topological polar surface area (TPSA) is 0 Å². The van der Waals surface area contributed by atoms with Gasteiger partial charge in [0.1, 0.15) is 0 Å². The Morgan fingerprint density at radius 3 is 2.55 bits per heavy atom. The molecule has 0 atom stereocenters. The molecule has 0 fully saturated rings. The third kappa shape index (κ3) is 1.76. The maximum Gasteiger partial charge on any atom is 0.0455 e. The number of hydrogen-bond acceptors (Lipinski definition) is 0. The van der Waals surface area contributed by atoms with Crippen molar-refractivity contribution in [2.45, 2.75) is 6.92 Å².